The van der Waals surface area contributed by atoms with E-state index in [4.69, 9.17) is 10.6 Å². The second-order valence-electron chi connectivity index (χ2n) is 4.12. The number of carbonyl (C=O) groups excluding carboxylic acids is 1. The molecule has 0 aliphatic carbocycles. The first kappa shape index (κ1) is 11.5. The second-order valence-corrected chi connectivity index (χ2v) is 4.12. The number of hydroxylamine groups is 2. The van der Waals surface area contributed by atoms with Crippen LogP contribution in [0, 0.1) is 0 Å². The SMILES string of the molecule is CCCC(C)(N)C(=O)N1CCCCO1. The Morgan fingerprint density at radius 3 is 2.79 bits per heavy atom. The first-order valence-corrected chi connectivity index (χ1v) is 5.31. The predicted octanol–water partition coefficient (Wildman–Crippen LogP) is 1.06. The predicted molar refractivity (Wildman–Crippen MR) is 54.4 cm³/mol. The zero-order chi connectivity index (χ0) is 10.6. The van der Waals surface area contributed by atoms with E-state index in [9.17, 15) is 4.79 Å². The monoisotopic (exact) mass is 200 g/mol. The standard InChI is InChI=1S/C10H20N2O2/c1-3-6-10(2,11)9(13)12-7-4-5-8-14-12/h3-8,11H2,1-2H3. The van der Waals surface area contributed by atoms with Gasteiger partial charge in [-0.2, -0.15) is 0 Å². The van der Waals surface area contributed by atoms with Crippen LogP contribution in [0.3, 0.4) is 0 Å². The summed E-state index contributed by atoms with van der Waals surface area (Å²) in [7, 11) is 0. The molecule has 0 spiro atoms. The molecule has 4 heteroatoms. The highest BCUT2D eigenvalue weighted by molar-refractivity contribution is 5.84. The summed E-state index contributed by atoms with van der Waals surface area (Å²) in [6.45, 7) is 5.11. The molecule has 1 fully saturated rings. The highest BCUT2D eigenvalue weighted by Gasteiger charge is 2.33. The molecule has 1 rings (SSSR count). The van der Waals surface area contributed by atoms with Crippen molar-refractivity contribution < 1.29 is 9.63 Å². The van der Waals surface area contributed by atoms with Crippen LogP contribution >= 0.6 is 0 Å². The second kappa shape index (κ2) is 4.75. The van der Waals surface area contributed by atoms with Gasteiger partial charge in [0, 0.05) is 6.54 Å². The highest BCUT2D eigenvalue weighted by Crippen LogP contribution is 2.16. The number of hydrogen-bond acceptors (Lipinski definition) is 3. The van der Waals surface area contributed by atoms with Crippen LogP contribution in [0.4, 0.5) is 0 Å². The molecule has 1 atom stereocenters. The highest BCUT2D eigenvalue weighted by atomic mass is 16.7. The van der Waals surface area contributed by atoms with E-state index in [-0.39, 0.29) is 5.91 Å². The number of rotatable bonds is 3. The number of carbonyl (C=O) groups is 1. The van der Waals surface area contributed by atoms with Crippen LogP contribution in [0.2, 0.25) is 0 Å². The molecule has 82 valence electrons. The molecule has 14 heavy (non-hydrogen) atoms. The molecule has 0 bridgehead atoms. The van der Waals surface area contributed by atoms with E-state index >= 15 is 0 Å². The molecule has 1 unspecified atom stereocenters. The van der Waals surface area contributed by atoms with E-state index in [1.807, 2.05) is 6.92 Å². The van der Waals surface area contributed by atoms with E-state index in [0.717, 1.165) is 19.3 Å². The van der Waals surface area contributed by atoms with Gasteiger partial charge in [-0.05, 0) is 26.2 Å². The molecule has 0 aromatic carbocycles. The van der Waals surface area contributed by atoms with Crippen molar-refractivity contribution in [1.82, 2.24) is 5.06 Å². The van der Waals surface area contributed by atoms with Crippen molar-refractivity contribution in [1.29, 1.82) is 0 Å². The lowest BCUT2D eigenvalue weighted by Gasteiger charge is -2.32. The molecule has 0 aromatic rings. The first-order valence-electron chi connectivity index (χ1n) is 5.31. The summed E-state index contributed by atoms with van der Waals surface area (Å²) in [5.74, 6) is -0.0842. The molecule has 1 amide bonds. The fraction of sp³-hybridized carbons (Fsp3) is 0.900. The van der Waals surface area contributed by atoms with Crippen LogP contribution in [-0.4, -0.2) is 29.7 Å². The van der Waals surface area contributed by atoms with Crippen LogP contribution in [0.5, 0.6) is 0 Å². The van der Waals surface area contributed by atoms with Crippen molar-refractivity contribution in [3.63, 3.8) is 0 Å². The fourth-order valence-corrected chi connectivity index (χ4v) is 1.67. The van der Waals surface area contributed by atoms with E-state index in [1.165, 1.54) is 5.06 Å². The molecule has 1 heterocycles. The summed E-state index contributed by atoms with van der Waals surface area (Å²) >= 11 is 0. The summed E-state index contributed by atoms with van der Waals surface area (Å²) in [4.78, 5) is 17.2. The van der Waals surface area contributed by atoms with E-state index in [2.05, 4.69) is 0 Å². The maximum absolute atomic E-state index is 11.9. The van der Waals surface area contributed by atoms with Crippen LogP contribution in [-0.2, 0) is 9.63 Å². The normalized spacial score (nSPS) is 21.8. The average Bonchev–Trinajstić information content (AvgIpc) is 2.18. The molecule has 2 N–H and O–H groups in total. The van der Waals surface area contributed by atoms with Gasteiger partial charge in [-0.15, -0.1) is 0 Å². The third-order valence-corrected chi connectivity index (χ3v) is 2.49. The molecule has 0 saturated carbocycles. The van der Waals surface area contributed by atoms with Crippen molar-refractivity contribution in [3.8, 4) is 0 Å². The van der Waals surface area contributed by atoms with Gasteiger partial charge in [0.15, 0.2) is 0 Å². The summed E-state index contributed by atoms with van der Waals surface area (Å²) in [5.41, 5.74) is 5.16. The van der Waals surface area contributed by atoms with Gasteiger partial charge in [0.2, 0.25) is 0 Å². The summed E-state index contributed by atoms with van der Waals surface area (Å²) in [6, 6.07) is 0. The Hall–Kier alpha value is -0.610. The fourth-order valence-electron chi connectivity index (χ4n) is 1.67. The molecule has 1 saturated heterocycles. The van der Waals surface area contributed by atoms with Crippen molar-refractivity contribution in [2.45, 2.75) is 45.1 Å². The van der Waals surface area contributed by atoms with E-state index in [1.54, 1.807) is 6.92 Å². The Labute approximate surface area is 85.3 Å². The molecular formula is C10H20N2O2. The lowest BCUT2D eigenvalue weighted by Crippen LogP contribution is -2.54. The minimum atomic E-state index is -0.772. The topological polar surface area (TPSA) is 55.6 Å². The summed E-state index contributed by atoms with van der Waals surface area (Å²) < 4.78 is 0. The molecule has 1 aliphatic heterocycles. The third kappa shape index (κ3) is 2.69. The van der Waals surface area contributed by atoms with E-state index < -0.39 is 5.54 Å². The summed E-state index contributed by atoms with van der Waals surface area (Å²) in [5, 5.41) is 1.43. The molecule has 0 radical (unpaired) electrons. The largest absolute Gasteiger partial charge is 0.318 e. The van der Waals surface area contributed by atoms with Crippen LogP contribution in [0.1, 0.15) is 39.5 Å². The minimum absolute atomic E-state index is 0.0842. The Kier molecular flexibility index (Phi) is 3.89. The lowest BCUT2D eigenvalue weighted by atomic mass is 9.96. The van der Waals surface area contributed by atoms with Crippen molar-refractivity contribution >= 4 is 5.91 Å². The average molecular weight is 200 g/mol. The van der Waals surface area contributed by atoms with Crippen molar-refractivity contribution in [3.05, 3.63) is 0 Å². The smallest absolute Gasteiger partial charge is 0.265 e. The maximum Gasteiger partial charge on any atom is 0.265 e. The van der Waals surface area contributed by atoms with Gasteiger partial charge in [0.05, 0.1) is 12.1 Å². The van der Waals surface area contributed by atoms with Gasteiger partial charge in [0.25, 0.3) is 5.91 Å². The zero-order valence-electron chi connectivity index (χ0n) is 9.08. The Morgan fingerprint density at radius 2 is 2.29 bits per heavy atom. The first-order chi connectivity index (χ1) is 6.58. The molecule has 0 aromatic heterocycles. The molecular weight excluding hydrogens is 180 g/mol. The van der Waals surface area contributed by atoms with Gasteiger partial charge in [-0.25, -0.2) is 5.06 Å². The number of amides is 1. The van der Waals surface area contributed by atoms with Gasteiger partial charge >= 0.3 is 0 Å². The Bertz CT molecular complexity index is 198. The van der Waals surface area contributed by atoms with Gasteiger partial charge in [-0.1, -0.05) is 13.3 Å². The molecule has 4 nitrogen and oxygen atoms in total. The quantitative estimate of drug-likeness (QED) is 0.741. The molecule has 1 aliphatic rings. The maximum atomic E-state index is 11.9. The Morgan fingerprint density at radius 1 is 1.57 bits per heavy atom. The van der Waals surface area contributed by atoms with Crippen LogP contribution < -0.4 is 5.73 Å². The van der Waals surface area contributed by atoms with Crippen LogP contribution in [0.25, 0.3) is 0 Å². The number of nitrogens with zero attached hydrogens (tertiary/aromatic N) is 1. The van der Waals surface area contributed by atoms with Crippen LogP contribution in [0.15, 0.2) is 0 Å². The van der Waals surface area contributed by atoms with Gasteiger partial charge in [0.1, 0.15) is 0 Å². The van der Waals surface area contributed by atoms with Gasteiger partial charge in [-0.3, -0.25) is 9.63 Å². The number of nitrogens with two attached hydrogens (primary N) is 1. The number of hydrogen-bond donors (Lipinski definition) is 1. The third-order valence-electron chi connectivity index (χ3n) is 2.49. The van der Waals surface area contributed by atoms with Gasteiger partial charge < -0.3 is 5.73 Å². The minimum Gasteiger partial charge on any atom is -0.318 e. The van der Waals surface area contributed by atoms with Crippen molar-refractivity contribution in [2.24, 2.45) is 5.73 Å². The summed E-state index contributed by atoms with van der Waals surface area (Å²) in [6.07, 6.45) is 3.64. The van der Waals surface area contributed by atoms with E-state index in [0.29, 0.717) is 19.6 Å². The zero-order valence-corrected chi connectivity index (χ0v) is 9.08. The lowest BCUT2D eigenvalue weighted by molar-refractivity contribution is -0.202. The Balaban J connectivity index is 2.53. The van der Waals surface area contributed by atoms with Crippen molar-refractivity contribution in [2.75, 3.05) is 13.2 Å².